The van der Waals surface area contributed by atoms with Crippen molar-refractivity contribution in [1.29, 1.82) is 0 Å². The number of hydrogen-bond donors (Lipinski definition) is 1. The van der Waals surface area contributed by atoms with Gasteiger partial charge in [0.1, 0.15) is 11.6 Å². The number of benzene rings is 1. The first kappa shape index (κ1) is 18.6. The predicted molar refractivity (Wildman–Crippen MR) is 102 cm³/mol. The molecular weight excluding hydrogens is 326 g/mol. The van der Waals surface area contributed by atoms with Crippen molar-refractivity contribution in [2.24, 2.45) is 7.05 Å². The minimum absolute atomic E-state index is 0.00928. The van der Waals surface area contributed by atoms with Crippen LogP contribution in [0.25, 0.3) is 0 Å². The fourth-order valence-corrected chi connectivity index (χ4v) is 3.39. The fourth-order valence-electron chi connectivity index (χ4n) is 3.39. The lowest BCUT2D eigenvalue weighted by atomic mass is 9.79. The van der Waals surface area contributed by atoms with Crippen molar-refractivity contribution in [3.05, 3.63) is 47.0 Å². The monoisotopic (exact) mass is 355 g/mol. The van der Waals surface area contributed by atoms with E-state index in [0.717, 1.165) is 36.6 Å². The van der Waals surface area contributed by atoms with Crippen molar-refractivity contribution >= 4 is 5.91 Å². The Kier molecular flexibility index (Phi) is 5.41. The van der Waals surface area contributed by atoms with Crippen molar-refractivity contribution in [3.8, 4) is 0 Å². The zero-order chi connectivity index (χ0) is 18.8. The molecular formula is C20H29N5O. The third-order valence-corrected chi connectivity index (χ3v) is 5.13. The van der Waals surface area contributed by atoms with Crippen LogP contribution in [-0.2, 0) is 13.6 Å². The highest BCUT2D eigenvalue weighted by atomic mass is 16.1. The molecule has 1 fully saturated rings. The van der Waals surface area contributed by atoms with Crippen LogP contribution in [0.1, 0.15) is 66.1 Å². The zero-order valence-electron chi connectivity index (χ0n) is 16.4. The van der Waals surface area contributed by atoms with Crippen molar-refractivity contribution < 1.29 is 4.79 Å². The van der Waals surface area contributed by atoms with E-state index in [1.165, 1.54) is 5.56 Å². The molecule has 1 amide bonds. The summed E-state index contributed by atoms with van der Waals surface area (Å²) in [7, 11) is 6.07. The lowest BCUT2D eigenvalue weighted by Crippen LogP contribution is -2.44. The van der Waals surface area contributed by atoms with Crippen LogP contribution >= 0.6 is 0 Å². The zero-order valence-corrected chi connectivity index (χ0v) is 16.4. The van der Waals surface area contributed by atoms with E-state index in [1.807, 2.05) is 45.4 Å². The van der Waals surface area contributed by atoms with Crippen LogP contribution in [0.4, 0.5) is 0 Å². The van der Waals surface area contributed by atoms with Gasteiger partial charge < -0.3 is 14.8 Å². The Morgan fingerprint density at radius 1 is 1.23 bits per heavy atom. The van der Waals surface area contributed by atoms with Gasteiger partial charge in [-0.3, -0.25) is 4.79 Å². The van der Waals surface area contributed by atoms with E-state index >= 15 is 0 Å². The molecule has 0 unspecified atom stereocenters. The minimum atomic E-state index is 0.00928. The van der Waals surface area contributed by atoms with Gasteiger partial charge in [-0.05, 0) is 50.6 Å². The Morgan fingerprint density at radius 2 is 1.88 bits per heavy atom. The highest BCUT2D eigenvalue weighted by Crippen LogP contribution is 2.36. The van der Waals surface area contributed by atoms with Crippen LogP contribution in [0.2, 0.25) is 0 Å². The predicted octanol–water partition coefficient (Wildman–Crippen LogP) is 2.68. The summed E-state index contributed by atoms with van der Waals surface area (Å²) in [4.78, 5) is 14.5. The number of carbonyl (C=O) groups excluding carboxylic acids is 1. The number of carbonyl (C=O) groups is 1. The molecule has 140 valence electrons. The number of aromatic nitrogens is 3. The molecule has 2 aromatic rings. The van der Waals surface area contributed by atoms with Crippen molar-refractivity contribution in [2.45, 2.75) is 51.1 Å². The summed E-state index contributed by atoms with van der Waals surface area (Å²) in [5.74, 6) is 2.85. The van der Waals surface area contributed by atoms with Crippen LogP contribution in [0, 0.1) is 0 Å². The smallest absolute Gasteiger partial charge is 0.251 e. The molecule has 0 atom stereocenters. The van der Waals surface area contributed by atoms with E-state index < -0.39 is 0 Å². The van der Waals surface area contributed by atoms with Crippen LogP contribution in [0.3, 0.4) is 0 Å². The van der Waals surface area contributed by atoms with E-state index in [2.05, 4.69) is 38.8 Å². The minimum Gasteiger partial charge on any atom is -0.349 e. The van der Waals surface area contributed by atoms with Gasteiger partial charge in [-0.2, -0.15) is 0 Å². The standard InChI is InChI=1S/C20H29N5O/c1-13(2)14-6-8-15(9-7-14)20(26)21-17-10-16(11-17)19-23-22-18(25(19)5)12-24(3)4/h6-9,13,16-17H,10-12H2,1-5H3,(H,21,26). The molecule has 0 saturated heterocycles. The molecule has 1 aromatic heterocycles. The molecule has 3 rings (SSSR count). The first-order valence-corrected chi connectivity index (χ1v) is 9.29. The van der Waals surface area contributed by atoms with Gasteiger partial charge >= 0.3 is 0 Å². The highest BCUT2D eigenvalue weighted by molar-refractivity contribution is 5.94. The molecule has 6 nitrogen and oxygen atoms in total. The number of nitrogens with zero attached hydrogens (tertiary/aromatic N) is 4. The first-order chi connectivity index (χ1) is 12.3. The number of hydrogen-bond acceptors (Lipinski definition) is 4. The Hall–Kier alpha value is -2.21. The van der Waals surface area contributed by atoms with Crippen molar-refractivity contribution in [1.82, 2.24) is 25.0 Å². The highest BCUT2D eigenvalue weighted by Gasteiger charge is 2.35. The molecule has 0 radical (unpaired) electrons. The summed E-state index contributed by atoms with van der Waals surface area (Å²) in [6.07, 6.45) is 1.84. The second-order valence-electron chi connectivity index (χ2n) is 7.89. The average molecular weight is 355 g/mol. The van der Waals surface area contributed by atoms with Gasteiger partial charge in [0, 0.05) is 24.6 Å². The molecule has 0 aliphatic heterocycles. The second kappa shape index (κ2) is 7.58. The Balaban J connectivity index is 1.54. The van der Waals surface area contributed by atoms with Gasteiger partial charge in [-0.1, -0.05) is 26.0 Å². The molecule has 1 heterocycles. The van der Waals surface area contributed by atoms with E-state index in [1.54, 1.807) is 0 Å². The van der Waals surface area contributed by atoms with Gasteiger partial charge in [-0.15, -0.1) is 10.2 Å². The molecule has 1 aliphatic rings. The topological polar surface area (TPSA) is 63.1 Å². The SMILES string of the molecule is CC(C)c1ccc(C(=O)NC2CC(c3nnc(CN(C)C)n3C)C2)cc1. The van der Waals surface area contributed by atoms with E-state index in [-0.39, 0.29) is 11.9 Å². The largest absolute Gasteiger partial charge is 0.349 e. The Morgan fingerprint density at radius 3 is 2.46 bits per heavy atom. The summed E-state index contributed by atoms with van der Waals surface area (Å²) in [5.41, 5.74) is 1.98. The molecule has 1 N–H and O–H groups in total. The fraction of sp³-hybridized carbons (Fsp3) is 0.550. The number of amides is 1. The van der Waals surface area contributed by atoms with Crippen LogP contribution in [0.5, 0.6) is 0 Å². The molecule has 0 spiro atoms. The van der Waals surface area contributed by atoms with Crippen molar-refractivity contribution in [2.75, 3.05) is 14.1 Å². The van der Waals surface area contributed by atoms with E-state index in [4.69, 9.17) is 0 Å². The first-order valence-electron chi connectivity index (χ1n) is 9.29. The van der Waals surface area contributed by atoms with Crippen LogP contribution in [-0.4, -0.2) is 45.7 Å². The normalized spacial score (nSPS) is 19.7. The van der Waals surface area contributed by atoms with Gasteiger partial charge in [0.25, 0.3) is 5.91 Å². The van der Waals surface area contributed by atoms with Gasteiger partial charge in [-0.25, -0.2) is 0 Å². The molecule has 1 saturated carbocycles. The Labute approximate surface area is 155 Å². The summed E-state index contributed by atoms with van der Waals surface area (Å²) < 4.78 is 2.09. The maximum atomic E-state index is 12.4. The average Bonchev–Trinajstić information content (AvgIpc) is 2.90. The third kappa shape index (κ3) is 3.96. The van der Waals surface area contributed by atoms with E-state index in [0.29, 0.717) is 11.8 Å². The van der Waals surface area contributed by atoms with Gasteiger partial charge in [0.15, 0.2) is 0 Å². The Bertz CT molecular complexity index is 757. The lowest BCUT2D eigenvalue weighted by molar-refractivity contribution is 0.0907. The molecule has 1 aliphatic carbocycles. The van der Waals surface area contributed by atoms with E-state index in [9.17, 15) is 4.79 Å². The quantitative estimate of drug-likeness (QED) is 0.865. The summed E-state index contributed by atoms with van der Waals surface area (Å²) in [6.45, 7) is 5.09. The summed E-state index contributed by atoms with van der Waals surface area (Å²) >= 11 is 0. The maximum absolute atomic E-state index is 12.4. The molecule has 1 aromatic carbocycles. The summed E-state index contributed by atoms with van der Waals surface area (Å²) in [6, 6.07) is 8.11. The molecule has 6 heteroatoms. The number of rotatable bonds is 6. The van der Waals surface area contributed by atoms with Gasteiger partial charge in [0.2, 0.25) is 0 Å². The van der Waals surface area contributed by atoms with Crippen LogP contribution in [0.15, 0.2) is 24.3 Å². The number of nitrogens with one attached hydrogen (secondary N) is 1. The molecule has 26 heavy (non-hydrogen) atoms. The van der Waals surface area contributed by atoms with Crippen LogP contribution < -0.4 is 5.32 Å². The van der Waals surface area contributed by atoms with Crippen molar-refractivity contribution in [3.63, 3.8) is 0 Å². The third-order valence-electron chi connectivity index (χ3n) is 5.13. The maximum Gasteiger partial charge on any atom is 0.251 e. The second-order valence-corrected chi connectivity index (χ2v) is 7.89. The lowest BCUT2D eigenvalue weighted by Gasteiger charge is -2.35. The summed E-state index contributed by atoms with van der Waals surface area (Å²) in [5, 5.41) is 11.8. The van der Waals surface area contributed by atoms with Gasteiger partial charge in [0.05, 0.1) is 6.54 Å². The molecule has 0 bridgehead atoms.